The lowest BCUT2D eigenvalue weighted by Gasteiger charge is -2.35. The molecule has 10 nitrogen and oxygen atoms in total. The van der Waals surface area contributed by atoms with Crippen LogP contribution < -0.4 is 10.1 Å². The Balaban J connectivity index is 1.40. The molecule has 10 heteroatoms. The van der Waals surface area contributed by atoms with Gasteiger partial charge >= 0.3 is 6.03 Å². The van der Waals surface area contributed by atoms with Crippen molar-refractivity contribution in [2.75, 3.05) is 25.5 Å². The van der Waals surface area contributed by atoms with E-state index in [4.69, 9.17) is 4.74 Å². The molecule has 4 aromatic rings. The van der Waals surface area contributed by atoms with Crippen molar-refractivity contribution in [3.63, 3.8) is 0 Å². The molecular formula is C24H27N7O3. The Morgan fingerprint density at radius 3 is 2.82 bits per heavy atom. The fourth-order valence-corrected chi connectivity index (χ4v) is 4.17. The number of nitrogens with zero attached hydrogens (tertiary/aromatic N) is 5. The van der Waals surface area contributed by atoms with Gasteiger partial charge in [-0.05, 0) is 43.5 Å². The molecule has 2 amide bonds. The number of hydrogen-bond donors (Lipinski definition) is 3. The van der Waals surface area contributed by atoms with Crippen LogP contribution in [0.1, 0.15) is 25.3 Å². The van der Waals surface area contributed by atoms with Gasteiger partial charge in [-0.3, -0.25) is 15.0 Å². The summed E-state index contributed by atoms with van der Waals surface area (Å²) in [6.45, 7) is 3.39. The van der Waals surface area contributed by atoms with Gasteiger partial charge < -0.3 is 19.7 Å². The van der Waals surface area contributed by atoms with Gasteiger partial charge in [-0.25, -0.2) is 9.78 Å². The number of rotatable bonds is 5. The highest BCUT2D eigenvalue weighted by molar-refractivity contribution is 5.98. The van der Waals surface area contributed by atoms with Crippen LogP contribution in [0.4, 0.5) is 10.7 Å². The summed E-state index contributed by atoms with van der Waals surface area (Å²) in [6, 6.07) is 7.46. The van der Waals surface area contributed by atoms with E-state index in [9.17, 15) is 9.90 Å². The van der Waals surface area contributed by atoms with Crippen LogP contribution in [0.5, 0.6) is 5.75 Å². The first-order valence-electron chi connectivity index (χ1n) is 11.2. The van der Waals surface area contributed by atoms with Gasteiger partial charge in [0.05, 0.1) is 25.5 Å². The Morgan fingerprint density at radius 1 is 1.26 bits per heavy atom. The third-order valence-electron chi connectivity index (χ3n) is 6.19. The molecule has 0 aliphatic carbocycles. The summed E-state index contributed by atoms with van der Waals surface area (Å²) in [5.74, 6) is 0.967. The molecule has 0 spiro atoms. The van der Waals surface area contributed by atoms with Crippen molar-refractivity contribution in [2.24, 2.45) is 0 Å². The first kappa shape index (κ1) is 21.9. The predicted octanol–water partition coefficient (Wildman–Crippen LogP) is 3.26. The number of benzene rings is 1. The molecule has 3 N–H and O–H groups in total. The number of H-pyrrole nitrogens is 1. The van der Waals surface area contributed by atoms with Crippen molar-refractivity contribution in [2.45, 2.75) is 31.9 Å². The second-order valence-electron chi connectivity index (χ2n) is 8.83. The summed E-state index contributed by atoms with van der Waals surface area (Å²) in [5.41, 5.74) is 3.48. The number of nitrogens with one attached hydrogen (secondary N) is 2. The minimum atomic E-state index is -0.722. The molecule has 5 rings (SSSR count). The van der Waals surface area contributed by atoms with E-state index in [0.29, 0.717) is 55.2 Å². The zero-order valence-corrected chi connectivity index (χ0v) is 19.2. The molecule has 1 aliphatic heterocycles. The average molecular weight is 462 g/mol. The average Bonchev–Trinajstić information content (AvgIpc) is 3.46. The third-order valence-corrected chi connectivity index (χ3v) is 6.19. The standard InChI is InChI=1S/C24H27N7O3/c1-24(33)7-10-30(11-8-24)23(32)29-22-27-20-18(5-6-19(34-2)21(20)28-22)17-13-26-31(15-17)14-16-4-3-9-25-12-16/h3-6,9,12-13,15,33H,7-8,10-11,14H2,1-2H3,(H2,27,28,29,32). The SMILES string of the molecule is COc1ccc(-c2cnn(Cc3cccnc3)c2)c2nc(NC(=O)N3CCC(C)(O)CC3)[nH]c12. The second-order valence-corrected chi connectivity index (χ2v) is 8.83. The van der Waals surface area contributed by atoms with Crippen LogP contribution in [0.25, 0.3) is 22.2 Å². The van der Waals surface area contributed by atoms with Gasteiger partial charge in [-0.2, -0.15) is 5.10 Å². The summed E-state index contributed by atoms with van der Waals surface area (Å²) < 4.78 is 7.36. The van der Waals surface area contributed by atoms with Crippen molar-refractivity contribution in [1.82, 2.24) is 29.6 Å². The van der Waals surface area contributed by atoms with Crippen molar-refractivity contribution in [3.05, 3.63) is 54.6 Å². The van der Waals surface area contributed by atoms with Gasteiger partial charge in [0.25, 0.3) is 0 Å². The quantitative estimate of drug-likeness (QED) is 0.419. The number of aromatic amines is 1. The van der Waals surface area contributed by atoms with Gasteiger partial charge in [0.15, 0.2) is 0 Å². The van der Waals surface area contributed by atoms with Crippen LogP contribution in [-0.4, -0.2) is 66.6 Å². The number of pyridine rings is 1. The summed E-state index contributed by atoms with van der Waals surface area (Å²) in [6.07, 6.45) is 8.40. The Hall–Kier alpha value is -3.92. The predicted molar refractivity (Wildman–Crippen MR) is 128 cm³/mol. The van der Waals surface area contributed by atoms with Gasteiger partial charge in [0, 0.05) is 42.8 Å². The fraction of sp³-hybridized carbons (Fsp3) is 0.333. The zero-order valence-electron chi connectivity index (χ0n) is 19.2. The van der Waals surface area contributed by atoms with E-state index in [0.717, 1.165) is 16.7 Å². The number of anilines is 1. The largest absolute Gasteiger partial charge is 0.494 e. The van der Waals surface area contributed by atoms with Crippen LogP contribution in [0.3, 0.4) is 0 Å². The Labute approximate surface area is 196 Å². The fourth-order valence-electron chi connectivity index (χ4n) is 4.17. The molecule has 176 valence electrons. The number of carbonyl (C=O) groups is 1. The highest BCUT2D eigenvalue weighted by Gasteiger charge is 2.30. The molecule has 1 aromatic carbocycles. The number of hydrogen-bond acceptors (Lipinski definition) is 6. The first-order valence-corrected chi connectivity index (χ1v) is 11.2. The molecule has 0 radical (unpaired) electrons. The number of fused-ring (bicyclic) bond motifs is 1. The van der Waals surface area contributed by atoms with E-state index in [1.807, 2.05) is 41.3 Å². The van der Waals surface area contributed by atoms with E-state index in [1.54, 1.807) is 31.3 Å². The number of amides is 2. The number of methoxy groups -OCH3 is 1. The molecule has 3 aromatic heterocycles. The van der Waals surface area contributed by atoms with Crippen molar-refractivity contribution in [1.29, 1.82) is 0 Å². The minimum absolute atomic E-state index is 0.251. The molecule has 0 bridgehead atoms. The lowest BCUT2D eigenvalue weighted by Crippen LogP contribution is -2.46. The number of aromatic nitrogens is 5. The highest BCUT2D eigenvalue weighted by Crippen LogP contribution is 2.34. The van der Waals surface area contributed by atoms with Crippen molar-refractivity contribution < 1.29 is 14.6 Å². The number of aliphatic hydroxyl groups is 1. The maximum Gasteiger partial charge on any atom is 0.324 e. The van der Waals surface area contributed by atoms with E-state index in [2.05, 4.69) is 25.4 Å². The van der Waals surface area contributed by atoms with Gasteiger partial charge in [0.2, 0.25) is 5.95 Å². The minimum Gasteiger partial charge on any atom is -0.494 e. The zero-order chi connectivity index (χ0) is 23.7. The van der Waals surface area contributed by atoms with E-state index >= 15 is 0 Å². The first-order chi connectivity index (χ1) is 16.4. The lowest BCUT2D eigenvalue weighted by atomic mass is 9.94. The van der Waals surface area contributed by atoms with Crippen LogP contribution in [-0.2, 0) is 6.54 Å². The molecule has 1 saturated heterocycles. The van der Waals surface area contributed by atoms with E-state index in [-0.39, 0.29) is 6.03 Å². The van der Waals surface area contributed by atoms with Gasteiger partial charge in [-0.15, -0.1) is 0 Å². The van der Waals surface area contributed by atoms with Gasteiger partial charge in [0.1, 0.15) is 16.8 Å². The van der Waals surface area contributed by atoms with E-state index < -0.39 is 5.60 Å². The van der Waals surface area contributed by atoms with Crippen molar-refractivity contribution in [3.8, 4) is 16.9 Å². The molecule has 34 heavy (non-hydrogen) atoms. The number of ether oxygens (including phenoxy) is 1. The maximum absolute atomic E-state index is 12.8. The highest BCUT2D eigenvalue weighted by atomic mass is 16.5. The second kappa shape index (κ2) is 8.79. The van der Waals surface area contributed by atoms with Gasteiger partial charge in [-0.1, -0.05) is 6.07 Å². The summed E-state index contributed by atoms with van der Waals surface area (Å²) in [4.78, 5) is 26.4. The maximum atomic E-state index is 12.8. The molecule has 0 saturated carbocycles. The van der Waals surface area contributed by atoms with Crippen LogP contribution in [0.15, 0.2) is 49.1 Å². The van der Waals surface area contributed by atoms with E-state index in [1.165, 1.54) is 0 Å². The molecule has 0 unspecified atom stereocenters. The molecule has 4 heterocycles. The number of imidazole rings is 1. The Bertz CT molecular complexity index is 1300. The molecular weight excluding hydrogens is 434 g/mol. The van der Waals surface area contributed by atoms with Crippen molar-refractivity contribution >= 4 is 23.0 Å². The van der Waals surface area contributed by atoms with Crippen LogP contribution in [0, 0.1) is 0 Å². The Kier molecular flexibility index (Phi) is 5.66. The third kappa shape index (κ3) is 4.44. The topological polar surface area (TPSA) is 121 Å². The Morgan fingerprint density at radius 2 is 2.09 bits per heavy atom. The van der Waals surface area contributed by atoms with Crippen LogP contribution >= 0.6 is 0 Å². The number of likely N-dealkylation sites (tertiary alicyclic amines) is 1. The molecule has 1 fully saturated rings. The number of urea groups is 1. The molecule has 1 aliphatic rings. The number of piperidine rings is 1. The summed E-state index contributed by atoms with van der Waals surface area (Å²) in [5, 5.41) is 17.5. The smallest absolute Gasteiger partial charge is 0.324 e. The molecule has 0 atom stereocenters. The summed E-state index contributed by atoms with van der Waals surface area (Å²) >= 11 is 0. The normalized spacial score (nSPS) is 15.4. The monoisotopic (exact) mass is 461 g/mol. The number of carbonyl (C=O) groups excluding carboxylic acids is 1. The van der Waals surface area contributed by atoms with Crippen LogP contribution in [0.2, 0.25) is 0 Å². The summed E-state index contributed by atoms with van der Waals surface area (Å²) in [7, 11) is 1.60. The lowest BCUT2D eigenvalue weighted by molar-refractivity contribution is 0.00569.